The zero-order valence-corrected chi connectivity index (χ0v) is 12.8. The smallest absolute Gasteiger partial charge is 0.285 e. The van der Waals surface area contributed by atoms with Crippen LogP contribution in [0.5, 0.6) is 0 Å². The topological polar surface area (TPSA) is 78.5 Å². The molecule has 21 heavy (non-hydrogen) atoms. The highest BCUT2D eigenvalue weighted by Gasteiger charge is 2.56. The van der Waals surface area contributed by atoms with Crippen molar-refractivity contribution in [2.45, 2.75) is 38.4 Å². The fraction of sp³-hybridized carbons (Fsp3) is 0.714. The number of nitrogens with one attached hydrogen (secondary N) is 1. The summed E-state index contributed by atoms with van der Waals surface area (Å²) in [5.41, 5.74) is 0.163. The van der Waals surface area contributed by atoms with E-state index >= 15 is 0 Å². The molecule has 2 N–H and O–H groups in total. The molecule has 1 saturated carbocycles. The maximum absolute atomic E-state index is 11.5. The summed E-state index contributed by atoms with van der Waals surface area (Å²) in [6.45, 7) is 4.14. The van der Waals surface area contributed by atoms with Gasteiger partial charge in [0.15, 0.2) is 0 Å². The Bertz CT molecular complexity index is 567. The molecule has 0 radical (unpaired) electrons. The van der Waals surface area contributed by atoms with Crippen LogP contribution in [0.4, 0.5) is 5.69 Å². The molecule has 1 aliphatic carbocycles. The van der Waals surface area contributed by atoms with Crippen LogP contribution in [0.1, 0.15) is 26.2 Å². The minimum atomic E-state index is -0.370. The van der Waals surface area contributed by atoms with Crippen molar-refractivity contribution in [3.8, 4) is 0 Å². The van der Waals surface area contributed by atoms with Crippen LogP contribution in [0, 0.1) is 5.41 Å². The summed E-state index contributed by atoms with van der Waals surface area (Å²) in [6, 6.07) is 0. The number of piperidine rings is 1. The Morgan fingerprint density at radius 1 is 1.57 bits per heavy atom. The molecule has 3 rings (SSSR count). The van der Waals surface area contributed by atoms with Gasteiger partial charge in [-0.2, -0.15) is 5.10 Å². The Morgan fingerprint density at radius 3 is 2.90 bits per heavy atom. The third-order valence-corrected chi connectivity index (χ3v) is 5.29. The van der Waals surface area contributed by atoms with Crippen LogP contribution < -0.4 is 10.5 Å². The van der Waals surface area contributed by atoms with Gasteiger partial charge in [-0.15, -0.1) is 0 Å². The molecule has 1 aliphatic heterocycles. The molecule has 1 saturated heterocycles. The van der Waals surface area contributed by atoms with E-state index in [4.69, 9.17) is 16.3 Å². The standard InChI is InChI=1S/C14H20ClN3O3/c1-2-21-11-7-10(19)14(11)3-5-18(6-4-14)9-8-16-17-13(20)12(9)15/h8,10-11,19H,2-7H2,1H3,(H,17,20). The minimum absolute atomic E-state index is 0.131. The monoisotopic (exact) mass is 313 g/mol. The summed E-state index contributed by atoms with van der Waals surface area (Å²) in [5.74, 6) is 0. The van der Waals surface area contributed by atoms with Gasteiger partial charge in [-0.1, -0.05) is 11.6 Å². The lowest BCUT2D eigenvalue weighted by Gasteiger charge is -2.56. The van der Waals surface area contributed by atoms with E-state index in [1.54, 1.807) is 6.20 Å². The highest BCUT2D eigenvalue weighted by atomic mass is 35.5. The number of aliphatic hydroxyl groups is 1. The van der Waals surface area contributed by atoms with Crippen LogP contribution in [0.25, 0.3) is 0 Å². The number of aromatic amines is 1. The largest absolute Gasteiger partial charge is 0.392 e. The Kier molecular flexibility index (Phi) is 3.94. The van der Waals surface area contributed by atoms with Crippen molar-refractivity contribution in [1.82, 2.24) is 10.2 Å². The molecule has 2 atom stereocenters. The first-order chi connectivity index (χ1) is 10.1. The normalized spacial score (nSPS) is 27.7. The second-order valence-corrected chi connectivity index (χ2v) is 6.19. The van der Waals surface area contributed by atoms with E-state index < -0.39 is 0 Å². The lowest BCUT2D eigenvalue weighted by Crippen LogP contribution is -2.62. The SMILES string of the molecule is CCOC1CC(O)C12CCN(c1cn[nH]c(=O)c1Cl)CC2. The van der Waals surface area contributed by atoms with E-state index in [1.165, 1.54) is 0 Å². The van der Waals surface area contributed by atoms with E-state index in [0.717, 1.165) is 32.4 Å². The highest BCUT2D eigenvalue weighted by Crippen LogP contribution is 2.51. The van der Waals surface area contributed by atoms with Gasteiger partial charge < -0.3 is 14.7 Å². The molecule has 1 aromatic rings. The number of aromatic nitrogens is 2. The number of halogens is 1. The maximum Gasteiger partial charge on any atom is 0.285 e. The Balaban J connectivity index is 1.73. The molecule has 116 valence electrons. The van der Waals surface area contributed by atoms with Gasteiger partial charge in [0.1, 0.15) is 5.02 Å². The summed E-state index contributed by atoms with van der Waals surface area (Å²) >= 11 is 6.05. The molecule has 2 fully saturated rings. The number of ether oxygens (including phenoxy) is 1. The van der Waals surface area contributed by atoms with Crippen molar-refractivity contribution < 1.29 is 9.84 Å². The van der Waals surface area contributed by atoms with Crippen LogP contribution in [0.2, 0.25) is 5.02 Å². The van der Waals surface area contributed by atoms with E-state index in [9.17, 15) is 9.90 Å². The first kappa shape index (κ1) is 14.8. The minimum Gasteiger partial charge on any atom is -0.392 e. The number of rotatable bonds is 3. The van der Waals surface area contributed by atoms with Crippen LogP contribution in [-0.2, 0) is 4.74 Å². The number of nitrogens with zero attached hydrogens (tertiary/aromatic N) is 2. The average molecular weight is 314 g/mol. The number of anilines is 1. The van der Waals surface area contributed by atoms with Crippen LogP contribution in [-0.4, -0.2) is 47.2 Å². The van der Waals surface area contributed by atoms with Crippen LogP contribution in [0.3, 0.4) is 0 Å². The van der Waals surface area contributed by atoms with Crippen molar-refractivity contribution in [3.63, 3.8) is 0 Å². The van der Waals surface area contributed by atoms with Crippen molar-refractivity contribution in [2.75, 3.05) is 24.6 Å². The van der Waals surface area contributed by atoms with Crippen molar-refractivity contribution in [2.24, 2.45) is 5.41 Å². The average Bonchev–Trinajstić information content (AvgIpc) is 2.50. The van der Waals surface area contributed by atoms with E-state index in [2.05, 4.69) is 15.1 Å². The van der Waals surface area contributed by atoms with Gasteiger partial charge in [0.25, 0.3) is 5.56 Å². The summed E-state index contributed by atoms with van der Waals surface area (Å²) in [7, 11) is 0. The zero-order chi connectivity index (χ0) is 15.0. The van der Waals surface area contributed by atoms with E-state index in [1.807, 2.05) is 6.92 Å². The number of H-pyrrole nitrogens is 1. The molecular formula is C14H20ClN3O3. The van der Waals surface area contributed by atoms with Crippen LogP contribution in [0.15, 0.2) is 11.0 Å². The molecule has 0 amide bonds. The van der Waals surface area contributed by atoms with E-state index in [0.29, 0.717) is 12.3 Å². The van der Waals surface area contributed by atoms with Crippen molar-refractivity contribution >= 4 is 17.3 Å². The molecule has 2 heterocycles. The fourth-order valence-electron chi connectivity index (χ4n) is 3.58. The Labute approximate surface area is 128 Å². The molecule has 7 heteroatoms. The summed E-state index contributed by atoms with van der Waals surface area (Å²) in [6.07, 6.45) is 3.83. The van der Waals surface area contributed by atoms with Gasteiger partial charge in [-0.05, 0) is 19.8 Å². The molecule has 0 bridgehead atoms. The third kappa shape index (κ3) is 2.35. The van der Waals surface area contributed by atoms with Gasteiger partial charge >= 0.3 is 0 Å². The van der Waals surface area contributed by atoms with Crippen molar-refractivity contribution in [3.05, 3.63) is 21.6 Å². The van der Waals surface area contributed by atoms with Gasteiger partial charge in [-0.3, -0.25) is 4.79 Å². The lowest BCUT2D eigenvalue weighted by atomic mass is 9.58. The van der Waals surface area contributed by atoms with Crippen LogP contribution >= 0.6 is 11.6 Å². The summed E-state index contributed by atoms with van der Waals surface area (Å²) < 4.78 is 5.75. The molecular weight excluding hydrogens is 294 g/mol. The Hall–Kier alpha value is -1.11. The second kappa shape index (κ2) is 5.59. The Morgan fingerprint density at radius 2 is 2.29 bits per heavy atom. The maximum atomic E-state index is 11.5. The number of hydrogen-bond acceptors (Lipinski definition) is 5. The first-order valence-corrected chi connectivity index (χ1v) is 7.74. The fourth-order valence-corrected chi connectivity index (χ4v) is 3.79. The molecule has 2 unspecified atom stereocenters. The third-order valence-electron chi connectivity index (χ3n) is 4.92. The van der Waals surface area contributed by atoms with Gasteiger partial charge in [-0.25, -0.2) is 5.10 Å². The quantitative estimate of drug-likeness (QED) is 0.876. The second-order valence-electron chi connectivity index (χ2n) is 5.81. The summed E-state index contributed by atoms with van der Waals surface area (Å²) in [5, 5.41) is 16.5. The molecule has 0 aromatic carbocycles. The molecule has 1 spiro atoms. The predicted molar refractivity (Wildman–Crippen MR) is 79.8 cm³/mol. The van der Waals surface area contributed by atoms with E-state index in [-0.39, 0.29) is 28.2 Å². The number of aliphatic hydroxyl groups excluding tert-OH is 1. The first-order valence-electron chi connectivity index (χ1n) is 7.36. The van der Waals surface area contributed by atoms with Crippen molar-refractivity contribution in [1.29, 1.82) is 0 Å². The van der Waals surface area contributed by atoms with Gasteiger partial charge in [0, 0.05) is 31.5 Å². The van der Waals surface area contributed by atoms with Gasteiger partial charge in [0.2, 0.25) is 0 Å². The molecule has 2 aliphatic rings. The lowest BCUT2D eigenvalue weighted by molar-refractivity contribution is -0.199. The molecule has 6 nitrogen and oxygen atoms in total. The zero-order valence-electron chi connectivity index (χ0n) is 12.0. The molecule has 1 aromatic heterocycles. The predicted octanol–water partition coefficient (Wildman–Crippen LogP) is 1.18. The summed E-state index contributed by atoms with van der Waals surface area (Å²) in [4.78, 5) is 13.6. The van der Waals surface area contributed by atoms with Gasteiger partial charge in [0.05, 0.1) is 24.1 Å². The number of hydrogen-bond donors (Lipinski definition) is 2. The highest BCUT2D eigenvalue weighted by molar-refractivity contribution is 6.32.